The van der Waals surface area contributed by atoms with E-state index in [1.165, 1.54) is 12.1 Å². The molecule has 3 aromatic carbocycles. The first kappa shape index (κ1) is 20.1. The minimum Gasteiger partial charge on any atom is -0.368 e. The van der Waals surface area contributed by atoms with Crippen molar-refractivity contribution < 1.29 is 13.9 Å². The molecule has 0 unspecified atom stereocenters. The maximum absolute atomic E-state index is 13.1. The minimum absolute atomic E-state index is 0.00869. The van der Waals surface area contributed by atoms with Crippen LogP contribution in [0.2, 0.25) is 0 Å². The zero-order valence-electron chi connectivity index (χ0n) is 16.8. The number of halogens is 1. The summed E-state index contributed by atoms with van der Waals surface area (Å²) in [6, 6.07) is 26.4. The first-order valence-corrected chi connectivity index (χ1v) is 10.2. The second-order valence-corrected chi connectivity index (χ2v) is 7.36. The number of ether oxygens (including phenoxy) is 1. The quantitative estimate of drug-likeness (QED) is 0.615. The van der Waals surface area contributed by atoms with Crippen LogP contribution in [0.5, 0.6) is 0 Å². The SMILES string of the molecule is O=C(COC(c1ccccc1)c1ccccc1)N1CCN(c2ccc(F)cc2)CC1. The number of nitrogens with zero attached hydrogens (tertiary/aromatic N) is 2. The van der Waals surface area contributed by atoms with Gasteiger partial charge in [0.25, 0.3) is 0 Å². The van der Waals surface area contributed by atoms with Crippen molar-refractivity contribution in [3.05, 3.63) is 102 Å². The molecule has 0 N–H and O–H groups in total. The van der Waals surface area contributed by atoms with Crippen molar-refractivity contribution in [3.8, 4) is 0 Å². The van der Waals surface area contributed by atoms with Crippen LogP contribution in [0.25, 0.3) is 0 Å². The van der Waals surface area contributed by atoms with Crippen LogP contribution in [0.3, 0.4) is 0 Å². The van der Waals surface area contributed by atoms with Crippen molar-refractivity contribution in [1.29, 1.82) is 0 Å². The molecule has 4 nitrogen and oxygen atoms in total. The standard InChI is InChI=1S/C25H25FN2O2/c26-22-11-13-23(14-12-22)27-15-17-28(18-16-27)24(29)19-30-25(20-7-3-1-4-8-20)21-9-5-2-6-10-21/h1-14,25H,15-19H2. The summed E-state index contributed by atoms with van der Waals surface area (Å²) in [6.45, 7) is 2.73. The van der Waals surface area contributed by atoms with E-state index >= 15 is 0 Å². The number of amides is 1. The van der Waals surface area contributed by atoms with Crippen LogP contribution in [0.15, 0.2) is 84.9 Å². The van der Waals surface area contributed by atoms with Crippen molar-refractivity contribution in [2.75, 3.05) is 37.7 Å². The van der Waals surface area contributed by atoms with Gasteiger partial charge >= 0.3 is 0 Å². The number of piperazine rings is 1. The van der Waals surface area contributed by atoms with Crippen molar-refractivity contribution >= 4 is 11.6 Å². The van der Waals surface area contributed by atoms with E-state index in [1.54, 1.807) is 12.1 Å². The van der Waals surface area contributed by atoms with Gasteiger partial charge in [-0.1, -0.05) is 60.7 Å². The van der Waals surface area contributed by atoms with Gasteiger partial charge in [-0.2, -0.15) is 0 Å². The normalized spacial score (nSPS) is 14.2. The first-order chi connectivity index (χ1) is 14.7. The van der Waals surface area contributed by atoms with Gasteiger partial charge in [0.2, 0.25) is 5.91 Å². The van der Waals surface area contributed by atoms with Gasteiger partial charge in [0.05, 0.1) is 0 Å². The lowest BCUT2D eigenvalue weighted by atomic mass is 10.0. The third-order valence-corrected chi connectivity index (χ3v) is 5.40. The highest BCUT2D eigenvalue weighted by atomic mass is 19.1. The number of carbonyl (C=O) groups excluding carboxylic acids is 1. The van der Waals surface area contributed by atoms with Crippen LogP contribution in [-0.2, 0) is 9.53 Å². The lowest BCUT2D eigenvalue weighted by Gasteiger charge is -2.36. The molecule has 1 amide bonds. The summed E-state index contributed by atoms with van der Waals surface area (Å²) in [4.78, 5) is 16.8. The topological polar surface area (TPSA) is 32.8 Å². The molecule has 4 rings (SSSR count). The van der Waals surface area contributed by atoms with E-state index in [9.17, 15) is 9.18 Å². The predicted octanol–water partition coefficient (Wildman–Crippen LogP) is 4.28. The van der Waals surface area contributed by atoms with Crippen molar-refractivity contribution in [2.24, 2.45) is 0 Å². The molecule has 0 aromatic heterocycles. The van der Waals surface area contributed by atoms with Gasteiger partial charge in [-0.15, -0.1) is 0 Å². The van der Waals surface area contributed by atoms with E-state index in [0.29, 0.717) is 13.1 Å². The van der Waals surface area contributed by atoms with Gasteiger partial charge in [-0.3, -0.25) is 4.79 Å². The van der Waals surface area contributed by atoms with Crippen LogP contribution in [0.4, 0.5) is 10.1 Å². The smallest absolute Gasteiger partial charge is 0.248 e. The largest absolute Gasteiger partial charge is 0.368 e. The maximum atomic E-state index is 13.1. The van der Waals surface area contributed by atoms with Gasteiger partial charge < -0.3 is 14.5 Å². The molecule has 1 heterocycles. The molecule has 1 fully saturated rings. The Bertz CT molecular complexity index is 900. The lowest BCUT2D eigenvalue weighted by Crippen LogP contribution is -2.49. The highest BCUT2D eigenvalue weighted by Gasteiger charge is 2.23. The van der Waals surface area contributed by atoms with E-state index in [0.717, 1.165) is 29.9 Å². The maximum Gasteiger partial charge on any atom is 0.248 e. The molecule has 1 saturated heterocycles. The Kier molecular flexibility index (Phi) is 6.40. The monoisotopic (exact) mass is 404 g/mol. The van der Waals surface area contributed by atoms with Crippen LogP contribution in [0, 0.1) is 5.82 Å². The summed E-state index contributed by atoms with van der Waals surface area (Å²) < 4.78 is 19.2. The van der Waals surface area contributed by atoms with Gasteiger partial charge in [-0.25, -0.2) is 4.39 Å². The number of hydrogen-bond donors (Lipinski definition) is 0. The Balaban J connectivity index is 1.36. The van der Waals surface area contributed by atoms with Crippen LogP contribution in [0.1, 0.15) is 17.2 Å². The van der Waals surface area contributed by atoms with Crippen LogP contribution in [-0.4, -0.2) is 43.6 Å². The molecule has 0 atom stereocenters. The van der Waals surface area contributed by atoms with E-state index in [4.69, 9.17) is 4.74 Å². The van der Waals surface area contributed by atoms with E-state index in [1.807, 2.05) is 65.6 Å². The number of carbonyl (C=O) groups is 1. The molecule has 0 bridgehead atoms. The number of anilines is 1. The summed E-state index contributed by atoms with van der Waals surface area (Å²) in [5.41, 5.74) is 3.03. The summed E-state index contributed by atoms with van der Waals surface area (Å²) in [6.07, 6.45) is -0.281. The molecule has 1 aliphatic rings. The Labute approximate surface area is 176 Å². The third kappa shape index (κ3) is 4.86. The van der Waals surface area contributed by atoms with E-state index in [-0.39, 0.29) is 24.4 Å². The Hall–Kier alpha value is -3.18. The van der Waals surface area contributed by atoms with Gasteiger partial charge in [0.1, 0.15) is 18.5 Å². The molecule has 0 saturated carbocycles. The van der Waals surface area contributed by atoms with Crippen molar-refractivity contribution in [1.82, 2.24) is 4.90 Å². The molecule has 154 valence electrons. The molecule has 3 aromatic rings. The van der Waals surface area contributed by atoms with E-state index in [2.05, 4.69) is 4.90 Å². The molecular weight excluding hydrogens is 379 g/mol. The molecular formula is C25H25FN2O2. The molecule has 0 radical (unpaired) electrons. The Morgan fingerprint density at radius 3 is 1.87 bits per heavy atom. The summed E-state index contributed by atoms with van der Waals surface area (Å²) >= 11 is 0. The zero-order valence-corrected chi connectivity index (χ0v) is 16.8. The number of rotatable bonds is 6. The Morgan fingerprint density at radius 1 is 0.800 bits per heavy atom. The summed E-state index contributed by atoms with van der Waals surface area (Å²) in [5, 5.41) is 0. The molecule has 0 aliphatic carbocycles. The average Bonchev–Trinajstić information content (AvgIpc) is 2.81. The first-order valence-electron chi connectivity index (χ1n) is 10.2. The highest BCUT2D eigenvalue weighted by Crippen LogP contribution is 2.26. The molecule has 0 spiro atoms. The Morgan fingerprint density at radius 2 is 1.33 bits per heavy atom. The molecule has 1 aliphatic heterocycles. The van der Waals surface area contributed by atoms with Crippen molar-refractivity contribution in [3.63, 3.8) is 0 Å². The average molecular weight is 404 g/mol. The van der Waals surface area contributed by atoms with Crippen molar-refractivity contribution in [2.45, 2.75) is 6.10 Å². The third-order valence-electron chi connectivity index (χ3n) is 5.40. The second kappa shape index (κ2) is 9.55. The lowest BCUT2D eigenvalue weighted by molar-refractivity contribution is -0.137. The fourth-order valence-corrected chi connectivity index (χ4v) is 3.75. The fraction of sp³-hybridized carbons (Fsp3) is 0.240. The minimum atomic E-state index is -0.281. The van der Waals surface area contributed by atoms with Crippen LogP contribution < -0.4 is 4.90 Å². The number of hydrogen-bond acceptors (Lipinski definition) is 3. The van der Waals surface area contributed by atoms with Crippen LogP contribution >= 0.6 is 0 Å². The second-order valence-electron chi connectivity index (χ2n) is 7.36. The summed E-state index contributed by atoms with van der Waals surface area (Å²) in [7, 11) is 0. The summed E-state index contributed by atoms with van der Waals surface area (Å²) in [5.74, 6) is -0.248. The van der Waals surface area contributed by atoms with E-state index < -0.39 is 0 Å². The van der Waals surface area contributed by atoms with Gasteiger partial charge in [0.15, 0.2) is 0 Å². The fourth-order valence-electron chi connectivity index (χ4n) is 3.75. The van der Waals surface area contributed by atoms with Gasteiger partial charge in [0, 0.05) is 31.9 Å². The predicted molar refractivity (Wildman–Crippen MR) is 116 cm³/mol. The highest BCUT2D eigenvalue weighted by molar-refractivity contribution is 5.77. The molecule has 5 heteroatoms. The number of benzene rings is 3. The zero-order chi connectivity index (χ0) is 20.8. The molecule has 30 heavy (non-hydrogen) atoms. The van der Waals surface area contributed by atoms with Gasteiger partial charge in [-0.05, 0) is 35.4 Å².